The first-order valence-electron chi connectivity index (χ1n) is 10.2. The van der Waals surface area contributed by atoms with Gasteiger partial charge in [-0.1, -0.05) is 23.7 Å². The number of halogens is 1. The second-order valence-corrected chi connectivity index (χ2v) is 9.15. The third-order valence-corrected chi connectivity index (χ3v) is 6.85. The molecule has 1 amide bonds. The minimum Gasteiger partial charge on any atom is -0.494 e. The Morgan fingerprint density at radius 3 is 2.72 bits per heavy atom. The number of aryl methyl sites for hydroxylation is 2. The van der Waals surface area contributed by atoms with Gasteiger partial charge in [-0.3, -0.25) is 14.5 Å². The summed E-state index contributed by atoms with van der Waals surface area (Å²) in [6.45, 7) is 6.25. The maximum absolute atomic E-state index is 13.6. The van der Waals surface area contributed by atoms with E-state index in [-0.39, 0.29) is 16.8 Å². The molecule has 0 N–H and O–H groups in total. The van der Waals surface area contributed by atoms with Gasteiger partial charge >= 0.3 is 0 Å². The van der Waals surface area contributed by atoms with Gasteiger partial charge in [-0.2, -0.15) is 0 Å². The van der Waals surface area contributed by atoms with Crippen LogP contribution in [0.3, 0.4) is 0 Å². The Kier molecular flexibility index (Phi) is 5.03. The van der Waals surface area contributed by atoms with Gasteiger partial charge in [-0.15, -0.1) is 11.3 Å². The van der Waals surface area contributed by atoms with Crippen LogP contribution in [0.15, 0.2) is 51.7 Å². The van der Waals surface area contributed by atoms with E-state index >= 15 is 0 Å². The first-order chi connectivity index (χ1) is 15.4. The van der Waals surface area contributed by atoms with Crippen LogP contribution in [0.25, 0.3) is 11.0 Å². The SMILES string of the molecule is CCOc1cccc(C2c3c(oc4ccc(Cl)cc4c3=O)C(=O)N2c2nc(C)c(C)s2)c1. The fraction of sp³-hybridized carbons (Fsp3) is 0.208. The lowest BCUT2D eigenvalue weighted by Gasteiger charge is -2.23. The van der Waals surface area contributed by atoms with Crippen LogP contribution in [-0.4, -0.2) is 17.5 Å². The molecule has 0 fully saturated rings. The number of thiazole rings is 1. The Bertz CT molecular complexity index is 1420. The van der Waals surface area contributed by atoms with Crippen molar-refractivity contribution in [2.75, 3.05) is 11.5 Å². The average Bonchev–Trinajstić information content (AvgIpc) is 3.25. The molecule has 3 heterocycles. The fourth-order valence-corrected chi connectivity index (χ4v) is 5.07. The number of carbonyl (C=O) groups is 1. The first-order valence-corrected chi connectivity index (χ1v) is 11.3. The average molecular weight is 467 g/mol. The smallest absolute Gasteiger partial charge is 0.297 e. The Labute approximate surface area is 193 Å². The number of rotatable bonds is 4. The summed E-state index contributed by atoms with van der Waals surface area (Å²) in [4.78, 5) is 34.3. The molecule has 1 aliphatic rings. The van der Waals surface area contributed by atoms with Gasteiger partial charge < -0.3 is 9.15 Å². The van der Waals surface area contributed by atoms with Crippen molar-refractivity contribution in [2.45, 2.75) is 26.8 Å². The molecule has 0 saturated carbocycles. The summed E-state index contributed by atoms with van der Waals surface area (Å²) in [6, 6.07) is 11.5. The van der Waals surface area contributed by atoms with Crippen molar-refractivity contribution >= 4 is 44.9 Å². The largest absolute Gasteiger partial charge is 0.494 e. The normalized spacial score (nSPS) is 15.4. The van der Waals surface area contributed by atoms with Gasteiger partial charge in [0.25, 0.3) is 5.91 Å². The predicted octanol–water partition coefficient (Wildman–Crippen LogP) is 5.67. The summed E-state index contributed by atoms with van der Waals surface area (Å²) in [5, 5.41) is 1.28. The molecule has 4 aromatic rings. The number of hydrogen-bond donors (Lipinski definition) is 0. The van der Waals surface area contributed by atoms with Gasteiger partial charge in [0.1, 0.15) is 11.3 Å². The zero-order chi connectivity index (χ0) is 22.6. The monoisotopic (exact) mass is 466 g/mol. The number of hydrogen-bond acceptors (Lipinski definition) is 6. The summed E-state index contributed by atoms with van der Waals surface area (Å²) < 4.78 is 11.6. The topological polar surface area (TPSA) is 72.6 Å². The molecule has 32 heavy (non-hydrogen) atoms. The van der Waals surface area contributed by atoms with E-state index in [1.807, 2.05) is 45.0 Å². The third-order valence-electron chi connectivity index (χ3n) is 5.54. The van der Waals surface area contributed by atoms with Crippen molar-refractivity contribution in [3.05, 3.63) is 85.2 Å². The van der Waals surface area contributed by atoms with Crippen molar-refractivity contribution in [3.8, 4) is 5.75 Å². The molecule has 162 valence electrons. The van der Waals surface area contributed by atoms with Gasteiger partial charge in [-0.25, -0.2) is 4.98 Å². The van der Waals surface area contributed by atoms with Crippen LogP contribution in [0.1, 0.15) is 45.2 Å². The zero-order valence-electron chi connectivity index (χ0n) is 17.6. The molecule has 0 bridgehead atoms. The van der Waals surface area contributed by atoms with Crippen molar-refractivity contribution in [3.63, 3.8) is 0 Å². The van der Waals surface area contributed by atoms with Gasteiger partial charge in [0.05, 0.1) is 29.3 Å². The highest BCUT2D eigenvalue weighted by Gasteiger charge is 2.45. The molecular weight excluding hydrogens is 448 g/mol. The maximum Gasteiger partial charge on any atom is 0.297 e. The van der Waals surface area contributed by atoms with E-state index in [9.17, 15) is 9.59 Å². The highest BCUT2D eigenvalue weighted by Crippen LogP contribution is 2.43. The number of nitrogens with zero attached hydrogens (tertiary/aromatic N) is 2. The molecule has 1 aliphatic heterocycles. The molecule has 2 aromatic carbocycles. The Morgan fingerprint density at radius 2 is 2.00 bits per heavy atom. The molecule has 1 unspecified atom stereocenters. The van der Waals surface area contributed by atoms with E-state index in [1.165, 1.54) is 11.3 Å². The van der Waals surface area contributed by atoms with E-state index in [0.717, 1.165) is 16.1 Å². The van der Waals surface area contributed by atoms with Gasteiger partial charge in [-0.05, 0) is 56.7 Å². The van der Waals surface area contributed by atoms with Crippen molar-refractivity contribution in [1.29, 1.82) is 0 Å². The Morgan fingerprint density at radius 1 is 1.19 bits per heavy atom. The zero-order valence-corrected chi connectivity index (χ0v) is 19.2. The quantitative estimate of drug-likeness (QED) is 0.387. The number of carbonyl (C=O) groups excluding carboxylic acids is 1. The van der Waals surface area contributed by atoms with E-state index < -0.39 is 11.9 Å². The van der Waals surface area contributed by atoms with E-state index in [0.29, 0.717) is 33.5 Å². The second kappa shape index (κ2) is 7.76. The van der Waals surface area contributed by atoms with Gasteiger partial charge in [0.2, 0.25) is 5.76 Å². The number of ether oxygens (including phenoxy) is 1. The van der Waals surface area contributed by atoms with E-state index in [4.69, 9.17) is 20.8 Å². The number of amides is 1. The standard InChI is InChI=1S/C24H19ClN2O4S/c1-4-30-16-7-5-6-14(10-16)20-19-21(28)17-11-15(25)8-9-18(17)31-22(19)23(29)27(20)24-26-12(2)13(3)32-24/h5-11,20H,4H2,1-3H3. The second-order valence-electron chi connectivity index (χ2n) is 7.54. The van der Waals surface area contributed by atoms with Crippen LogP contribution in [-0.2, 0) is 0 Å². The van der Waals surface area contributed by atoms with Gasteiger partial charge in [0.15, 0.2) is 10.6 Å². The molecule has 8 heteroatoms. The highest BCUT2D eigenvalue weighted by molar-refractivity contribution is 7.15. The van der Waals surface area contributed by atoms with E-state index in [1.54, 1.807) is 23.1 Å². The van der Waals surface area contributed by atoms with E-state index in [2.05, 4.69) is 4.98 Å². The molecule has 0 spiro atoms. The summed E-state index contributed by atoms with van der Waals surface area (Å²) in [7, 11) is 0. The maximum atomic E-state index is 13.6. The molecule has 1 atom stereocenters. The van der Waals surface area contributed by atoms with Crippen LogP contribution in [0.5, 0.6) is 5.75 Å². The molecule has 5 rings (SSSR count). The van der Waals surface area contributed by atoms with Gasteiger partial charge in [0, 0.05) is 9.90 Å². The van der Waals surface area contributed by atoms with Crippen LogP contribution >= 0.6 is 22.9 Å². The molecule has 2 aromatic heterocycles. The fourth-order valence-electron chi connectivity index (χ4n) is 3.96. The number of aromatic nitrogens is 1. The van der Waals surface area contributed by atoms with Crippen LogP contribution < -0.4 is 15.1 Å². The lowest BCUT2D eigenvalue weighted by atomic mass is 9.98. The van der Waals surface area contributed by atoms with Crippen molar-refractivity contribution in [2.24, 2.45) is 0 Å². The molecule has 0 radical (unpaired) electrons. The predicted molar refractivity (Wildman–Crippen MR) is 125 cm³/mol. The lowest BCUT2D eigenvalue weighted by molar-refractivity contribution is 0.0971. The van der Waals surface area contributed by atoms with Crippen molar-refractivity contribution in [1.82, 2.24) is 4.98 Å². The summed E-state index contributed by atoms with van der Waals surface area (Å²) >= 11 is 7.55. The minimum atomic E-state index is -0.692. The third kappa shape index (κ3) is 3.20. The summed E-state index contributed by atoms with van der Waals surface area (Å²) in [5.41, 5.74) is 1.90. The van der Waals surface area contributed by atoms with Crippen LogP contribution in [0.2, 0.25) is 5.02 Å². The Balaban J connectivity index is 1.80. The minimum absolute atomic E-state index is 0.0298. The molecule has 6 nitrogen and oxygen atoms in total. The molecule has 0 saturated heterocycles. The highest BCUT2D eigenvalue weighted by atomic mass is 35.5. The van der Waals surface area contributed by atoms with Crippen molar-refractivity contribution < 1.29 is 13.9 Å². The molecular formula is C24H19ClN2O4S. The summed E-state index contributed by atoms with van der Waals surface area (Å²) in [5.74, 6) is 0.294. The van der Waals surface area contributed by atoms with Crippen LogP contribution in [0, 0.1) is 13.8 Å². The number of anilines is 1. The number of fused-ring (bicyclic) bond motifs is 2. The lowest BCUT2D eigenvalue weighted by Crippen LogP contribution is -2.29. The summed E-state index contributed by atoms with van der Waals surface area (Å²) in [6.07, 6.45) is 0. The first kappa shape index (κ1) is 20.7. The van der Waals surface area contributed by atoms with Crippen LogP contribution in [0.4, 0.5) is 5.13 Å². The Hall–Kier alpha value is -3.16. The molecule has 0 aliphatic carbocycles. The number of benzene rings is 2.